The molecule has 0 amide bonds. The molecule has 0 aromatic heterocycles. The van der Waals surface area contributed by atoms with Gasteiger partial charge in [-0.25, -0.2) is 0 Å². The van der Waals surface area contributed by atoms with Crippen molar-refractivity contribution in [1.29, 1.82) is 0 Å². The van der Waals surface area contributed by atoms with Crippen molar-refractivity contribution in [3.8, 4) is 0 Å². The number of aliphatic hydroxyl groups is 1. The summed E-state index contributed by atoms with van der Waals surface area (Å²) >= 11 is 3.84. The van der Waals surface area contributed by atoms with Crippen LogP contribution in [0.1, 0.15) is 35.5 Å². The highest BCUT2D eigenvalue weighted by Gasteiger charge is 2.26. The summed E-state index contributed by atoms with van der Waals surface area (Å²) in [6.45, 7) is 4.74. The van der Waals surface area contributed by atoms with Crippen molar-refractivity contribution in [3.63, 3.8) is 0 Å². The Bertz CT molecular complexity index is 334. The van der Waals surface area contributed by atoms with Crippen LogP contribution in [0.2, 0.25) is 0 Å². The quantitative estimate of drug-likeness (QED) is 0.889. The molecule has 3 heteroatoms. The Labute approximate surface area is 106 Å². The van der Waals surface area contributed by atoms with Crippen molar-refractivity contribution in [3.05, 3.63) is 35.4 Å². The van der Waals surface area contributed by atoms with Crippen LogP contribution in [-0.2, 0) is 0 Å². The molecular weight excluding hydrogens is 236 g/mol. The van der Waals surface area contributed by atoms with Crippen LogP contribution >= 0.6 is 23.5 Å². The monoisotopic (exact) mass is 254 g/mol. The number of thioether (sulfide) groups is 2. The molecule has 0 aliphatic carbocycles. The Morgan fingerprint density at radius 2 is 2.00 bits per heavy atom. The molecule has 1 aliphatic heterocycles. The standard InChI is InChI=1S/C13H18OS2/c1-9(2)10-3-5-11(6-4-10)13-15-8-12(7-14)16-13/h3-6,9,12-14H,7-8H2,1-2H3. The lowest BCUT2D eigenvalue weighted by atomic mass is 10.0. The smallest absolute Gasteiger partial charge is 0.0755 e. The first kappa shape index (κ1) is 12.3. The van der Waals surface area contributed by atoms with Gasteiger partial charge in [0.2, 0.25) is 0 Å². The van der Waals surface area contributed by atoms with Gasteiger partial charge in [-0.05, 0) is 17.0 Å². The molecule has 1 heterocycles. The maximum absolute atomic E-state index is 9.11. The molecule has 1 nitrogen and oxygen atoms in total. The fourth-order valence-corrected chi connectivity index (χ4v) is 4.92. The first-order chi connectivity index (χ1) is 7.70. The Morgan fingerprint density at radius 1 is 1.31 bits per heavy atom. The second-order valence-electron chi connectivity index (χ2n) is 4.43. The summed E-state index contributed by atoms with van der Waals surface area (Å²) in [4.78, 5) is 0. The van der Waals surface area contributed by atoms with Gasteiger partial charge < -0.3 is 5.11 Å². The van der Waals surface area contributed by atoms with Gasteiger partial charge in [-0.2, -0.15) is 0 Å². The first-order valence-corrected chi connectivity index (χ1v) is 7.67. The number of benzene rings is 1. The lowest BCUT2D eigenvalue weighted by Crippen LogP contribution is -2.05. The minimum absolute atomic E-state index is 0.304. The molecule has 0 bridgehead atoms. The van der Waals surface area contributed by atoms with Crippen molar-refractivity contribution in [1.82, 2.24) is 0 Å². The summed E-state index contributed by atoms with van der Waals surface area (Å²) in [5, 5.41) is 9.53. The molecule has 0 spiro atoms. The molecule has 88 valence electrons. The Hall–Kier alpha value is -0.120. The zero-order valence-corrected chi connectivity index (χ0v) is 11.4. The summed E-state index contributed by atoms with van der Waals surface area (Å²) in [6.07, 6.45) is 0. The van der Waals surface area contributed by atoms with Gasteiger partial charge in [0.25, 0.3) is 0 Å². The number of aliphatic hydroxyl groups excluding tert-OH is 1. The van der Waals surface area contributed by atoms with Crippen LogP contribution in [0.4, 0.5) is 0 Å². The van der Waals surface area contributed by atoms with Gasteiger partial charge in [0, 0.05) is 11.0 Å². The van der Waals surface area contributed by atoms with Crippen molar-refractivity contribution in [2.75, 3.05) is 12.4 Å². The van der Waals surface area contributed by atoms with E-state index in [4.69, 9.17) is 5.11 Å². The lowest BCUT2D eigenvalue weighted by molar-refractivity contribution is 0.301. The van der Waals surface area contributed by atoms with Crippen LogP contribution in [-0.4, -0.2) is 22.7 Å². The van der Waals surface area contributed by atoms with E-state index in [-0.39, 0.29) is 0 Å². The van der Waals surface area contributed by atoms with E-state index in [0.29, 0.717) is 22.4 Å². The first-order valence-electron chi connectivity index (χ1n) is 5.68. The van der Waals surface area contributed by atoms with Crippen molar-refractivity contribution >= 4 is 23.5 Å². The average molecular weight is 254 g/mol. The van der Waals surface area contributed by atoms with E-state index >= 15 is 0 Å². The minimum atomic E-state index is 0.304. The number of rotatable bonds is 3. The normalized spacial score (nSPS) is 25.2. The average Bonchev–Trinajstić information content (AvgIpc) is 2.77. The van der Waals surface area contributed by atoms with E-state index < -0.39 is 0 Å². The number of hydrogen-bond donors (Lipinski definition) is 1. The van der Waals surface area contributed by atoms with Crippen molar-refractivity contribution in [2.24, 2.45) is 0 Å². The molecule has 2 unspecified atom stereocenters. The fourth-order valence-electron chi connectivity index (χ4n) is 1.76. The zero-order chi connectivity index (χ0) is 11.5. The molecule has 1 aliphatic rings. The molecule has 1 saturated heterocycles. The van der Waals surface area contributed by atoms with Crippen LogP contribution in [0.15, 0.2) is 24.3 Å². The third kappa shape index (κ3) is 2.76. The van der Waals surface area contributed by atoms with Crippen molar-refractivity contribution < 1.29 is 5.11 Å². The fraction of sp³-hybridized carbons (Fsp3) is 0.538. The van der Waals surface area contributed by atoms with Gasteiger partial charge in [0.15, 0.2) is 0 Å². The topological polar surface area (TPSA) is 20.2 Å². The largest absolute Gasteiger partial charge is 0.395 e. The minimum Gasteiger partial charge on any atom is -0.395 e. The predicted molar refractivity (Wildman–Crippen MR) is 74.2 cm³/mol. The molecule has 1 aromatic rings. The SMILES string of the molecule is CC(C)c1ccc(C2SCC(CO)S2)cc1. The third-order valence-corrected chi connectivity index (χ3v) is 6.17. The summed E-state index contributed by atoms with van der Waals surface area (Å²) in [5.41, 5.74) is 2.78. The summed E-state index contributed by atoms with van der Waals surface area (Å²) < 4.78 is 0.512. The zero-order valence-electron chi connectivity index (χ0n) is 9.72. The molecule has 2 rings (SSSR count). The van der Waals surface area contributed by atoms with Gasteiger partial charge in [-0.1, -0.05) is 38.1 Å². The van der Waals surface area contributed by atoms with E-state index in [1.54, 1.807) is 0 Å². The highest BCUT2D eigenvalue weighted by atomic mass is 32.2. The van der Waals surface area contributed by atoms with Gasteiger partial charge >= 0.3 is 0 Å². The van der Waals surface area contributed by atoms with Crippen molar-refractivity contribution in [2.45, 2.75) is 29.6 Å². The van der Waals surface area contributed by atoms with Crippen LogP contribution in [0.25, 0.3) is 0 Å². The van der Waals surface area contributed by atoms with Gasteiger partial charge in [-0.15, -0.1) is 23.5 Å². The van der Waals surface area contributed by atoms with Crippen LogP contribution in [0.3, 0.4) is 0 Å². The molecule has 1 N–H and O–H groups in total. The second-order valence-corrected chi connectivity index (χ2v) is 7.27. The van der Waals surface area contributed by atoms with Gasteiger partial charge in [0.05, 0.1) is 11.2 Å². The Morgan fingerprint density at radius 3 is 2.50 bits per heavy atom. The van der Waals surface area contributed by atoms with Gasteiger partial charge in [0.1, 0.15) is 0 Å². The molecule has 1 aromatic carbocycles. The maximum atomic E-state index is 9.11. The Kier molecular flexibility index (Phi) is 4.22. The molecule has 0 saturated carbocycles. The summed E-state index contributed by atoms with van der Waals surface area (Å²) in [5.74, 6) is 1.67. The molecule has 2 atom stereocenters. The maximum Gasteiger partial charge on any atom is 0.0755 e. The Balaban J connectivity index is 2.05. The molecule has 16 heavy (non-hydrogen) atoms. The van der Waals surface area contributed by atoms with E-state index in [2.05, 4.69) is 38.1 Å². The van der Waals surface area contributed by atoms with E-state index in [9.17, 15) is 0 Å². The predicted octanol–water partition coefficient (Wildman–Crippen LogP) is 3.65. The van der Waals surface area contributed by atoms with Crippen LogP contribution in [0.5, 0.6) is 0 Å². The molecular formula is C13H18OS2. The van der Waals surface area contributed by atoms with E-state index in [1.165, 1.54) is 11.1 Å². The second kappa shape index (κ2) is 5.48. The summed E-state index contributed by atoms with van der Waals surface area (Å²) in [7, 11) is 0. The highest BCUT2D eigenvalue weighted by molar-refractivity contribution is 8.19. The number of hydrogen-bond acceptors (Lipinski definition) is 3. The van der Waals surface area contributed by atoms with Gasteiger partial charge in [-0.3, -0.25) is 0 Å². The highest BCUT2D eigenvalue weighted by Crippen LogP contribution is 2.49. The lowest BCUT2D eigenvalue weighted by Gasteiger charge is -2.11. The third-order valence-electron chi connectivity index (χ3n) is 2.83. The van der Waals surface area contributed by atoms with Crippen LogP contribution < -0.4 is 0 Å². The molecule has 0 radical (unpaired) electrons. The van der Waals surface area contributed by atoms with E-state index in [0.717, 1.165) is 5.75 Å². The molecule has 1 fully saturated rings. The van der Waals surface area contributed by atoms with Crippen LogP contribution in [0, 0.1) is 0 Å². The van der Waals surface area contributed by atoms with E-state index in [1.807, 2.05) is 23.5 Å². The summed E-state index contributed by atoms with van der Waals surface area (Å²) in [6, 6.07) is 8.93.